The Bertz CT molecular complexity index is 961. The summed E-state index contributed by atoms with van der Waals surface area (Å²) in [7, 11) is 0. The summed E-state index contributed by atoms with van der Waals surface area (Å²) in [4.78, 5) is 21.4. The Kier molecular flexibility index (Phi) is 6.21. The largest absolute Gasteiger partial charge is 0.448 e. The van der Waals surface area contributed by atoms with Crippen LogP contribution in [-0.4, -0.2) is 40.4 Å². The second-order valence-electron chi connectivity index (χ2n) is 5.46. The van der Waals surface area contributed by atoms with Gasteiger partial charge in [0.2, 0.25) is 5.76 Å². The topological polar surface area (TPSA) is 117 Å². The van der Waals surface area contributed by atoms with E-state index in [2.05, 4.69) is 15.8 Å². The molecule has 8 nitrogen and oxygen atoms in total. The summed E-state index contributed by atoms with van der Waals surface area (Å²) in [5, 5.41) is 21.3. The molecule has 1 aromatic carbocycles. The number of hydrogen-bond acceptors (Lipinski definition) is 7. The van der Waals surface area contributed by atoms with Crippen molar-refractivity contribution >= 4 is 50.8 Å². The van der Waals surface area contributed by atoms with Crippen molar-refractivity contribution in [2.24, 2.45) is 0 Å². The number of halogens is 2. The van der Waals surface area contributed by atoms with Gasteiger partial charge >= 0.3 is 5.91 Å². The van der Waals surface area contributed by atoms with Crippen LogP contribution in [0.15, 0.2) is 41.1 Å². The van der Waals surface area contributed by atoms with Crippen LogP contribution >= 0.6 is 22.6 Å². The number of furan rings is 1. The van der Waals surface area contributed by atoms with Crippen molar-refractivity contribution in [1.29, 1.82) is 0 Å². The first kappa shape index (κ1) is 19.5. The molecule has 0 aliphatic heterocycles. The van der Waals surface area contributed by atoms with E-state index in [1.54, 1.807) is 12.1 Å². The number of nitrogens with zero attached hydrogens (tertiary/aromatic N) is 1. The molecule has 0 aliphatic rings. The van der Waals surface area contributed by atoms with Crippen LogP contribution in [0.2, 0.25) is 0 Å². The highest BCUT2D eigenvalue weighted by molar-refractivity contribution is 14.1. The first-order valence-electron chi connectivity index (χ1n) is 7.79. The van der Waals surface area contributed by atoms with E-state index in [0.717, 1.165) is 3.57 Å². The van der Waals surface area contributed by atoms with E-state index in [1.165, 1.54) is 24.5 Å². The highest BCUT2D eigenvalue weighted by atomic mass is 127. The smallest absolute Gasteiger partial charge is 0.312 e. The van der Waals surface area contributed by atoms with Crippen LogP contribution in [0.3, 0.4) is 0 Å². The molecule has 2 heterocycles. The number of rotatable bonds is 7. The number of fused-ring (bicyclic) bond motifs is 1. The minimum Gasteiger partial charge on any atom is -0.448 e. The molecule has 4 N–H and O–H groups in total. The van der Waals surface area contributed by atoms with Crippen molar-refractivity contribution in [3.05, 3.63) is 51.8 Å². The lowest BCUT2D eigenvalue weighted by Crippen LogP contribution is -2.33. The normalized spacial score (nSPS) is 11.1. The average molecular weight is 487 g/mol. The number of anilines is 2. The Morgan fingerprint density at radius 1 is 1.33 bits per heavy atom. The standard InChI is InChI=1S/C17H15FIN3O5/c18-12-5-9(19)1-2-13(12)21-15-11-6-20-4-3-14(11)26-16(15)17(25)22-27-10(7-23)8-24/h1-6,10,21,23-24H,7-8H2,(H,22,25). The second-order valence-corrected chi connectivity index (χ2v) is 6.71. The molecule has 0 radical (unpaired) electrons. The fourth-order valence-electron chi connectivity index (χ4n) is 2.27. The van der Waals surface area contributed by atoms with E-state index in [1.807, 2.05) is 22.6 Å². The van der Waals surface area contributed by atoms with E-state index in [4.69, 9.17) is 19.5 Å². The van der Waals surface area contributed by atoms with Crippen molar-refractivity contribution < 1.29 is 28.7 Å². The fraction of sp³-hybridized carbons (Fsp3) is 0.176. The Morgan fingerprint density at radius 3 is 2.81 bits per heavy atom. The van der Waals surface area contributed by atoms with E-state index in [0.29, 0.717) is 11.0 Å². The number of hydroxylamine groups is 1. The Morgan fingerprint density at radius 2 is 2.11 bits per heavy atom. The van der Waals surface area contributed by atoms with Gasteiger partial charge in [-0.05, 0) is 46.9 Å². The number of hydrogen-bond donors (Lipinski definition) is 4. The van der Waals surface area contributed by atoms with Crippen molar-refractivity contribution in [3.8, 4) is 0 Å². The van der Waals surface area contributed by atoms with Crippen molar-refractivity contribution in [2.75, 3.05) is 18.5 Å². The van der Waals surface area contributed by atoms with Crippen LogP contribution in [0, 0.1) is 9.39 Å². The number of aliphatic hydroxyl groups excluding tert-OH is 2. The predicted octanol–water partition coefficient (Wildman–Crippen LogP) is 2.33. The number of carbonyl (C=O) groups excluding carboxylic acids is 1. The maximum absolute atomic E-state index is 14.2. The maximum Gasteiger partial charge on any atom is 0.312 e. The van der Waals surface area contributed by atoms with E-state index < -0.39 is 31.0 Å². The molecule has 0 aliphatic carbocycles. The first-order chi connectivity index (χ1) is 13.0. The quantitative estimate of drug-likeness (QED) is 0.299. The monoisotopic (exact) mass is 487 g/mol. The first-order valence-corrected chi connectivity index (χ1v) is 8.87. The SMILES string of the molecule is O=C(NOC(CO)CO)c1oc2ccncc2c1Nc1ccc(I)cc1F. The number of carbonyl (C=O) groups is 1. The van der Waals surface area contributed by atoms with Gasteiger partial charge in [-0.25, -0.2) is 9.87 Å². The number of aromatic nitrogens is 1. The van der Waals surface area contributed by atoms with Crippen LogP contribution in [-0.2, 0) is 4.84 Å². The molecule has 1 amide bonds. The Labute approximate surface area is 166 Å². The molecular formula is C17H15FIN3O5. The molecular weight excluding hydrogens is 472 g/mol. The van der Waals surface area contributed by atoms with Crippen LogP contribution in [0.4, 0.5) is 15.8 Å². The number of aliphatic hydroxyl groups is 2. The Balaban J connectivity index is 1.95. The highest BCUT2D eigenvalue weighted by Crippen LogP contribution is 2.33. The van der Waals surface area contributed by atoms with E-state index >= 15 is 0 Å². The van der Waals surface area contributed by atoms with E-state index in [-0.39, 0.29) is 17.1 Å². The number of pyridine rings is 1. The molecule has 10 heteroatoms. The molecule has 0 atom stereocenters. The molecule has 0 saturated carbocycles. The van der Waals surface area contributed by atoms with Crippen LogP contribution < -0.4 is 10.8 Å². The molecule has 0 bridgehead atoms. The van der Waals surface area contributed by atoms with Gasteiger partial charge in [0, 0.05) is 16.0 Å². The highest BCUT2D eigenvalue weighted by Gasteiger charge is 2.23. The van der Waals surface area contributed by atoms with E-state index in [9.17, 15) is 9.18 Å². The summed E-state index contributed by atoms with van der Waals surface area (Å²) in [5.41, 5.74) is 2.83. The van der Waals surface area contributed by atoms with Crippen LogP contribution in [0.5, 0.6) is 0 Å². The third kappa shape index (κ3) is 4.35. The molecule has 3 aromatic rings. The summed E-state index contributed by atoms with van der Waals surface area (Å²) in [6.45, 7) is -0.973. The van der Waals surface area contributed by atoms with Crippen molar-refractivity contribution in [2.45, 2.75) is 6.10 Å². The van der Waals surface area contributed by atoms with Gasteiger partial charge in [0.05, 0.1) is 24.3 Å². The summed E-state index contributed by atoms with van der Waals surface area (Å²) in [6, 6.07) is 6.16. The number of benzene rings is 1. The number of nitrogens with one attached hydrogen (secondary N) is 2. The van der Waals surface area contributed by atoms with Gasteiger partial charge < -0.3 is 19.9 Å². The minimum absolute atomic E-state index is 0.153. The zero-order valence-electron chi connectivity index (χ0n) is 13.8. The van der Waals surface area contributed by atoms with Crippen LogP contribution in [0.1, 0.15) is 10.6 Å². The lowest BCUT2D eigenvalue weighted by Gasteiger charge is -2.13. The zero-order valence-corrected chi connectivity index (χ0v) is 15.9. The van der Waals surface area contributed by atoms with Crippen molar-refractivity contribution in [1.82, 2.24) is 10.5 Å². The summed E-state index contributed by atoms with van der Waals surface area (Å²) < 4.78 is 20.5. The molecule has 0 spiro atoms. The van der Waals surface area contributed by atoms with Gasteiger partial charge in [0.25, 0.3) is 0 Å². The number of amides is 1. The average Bonchev–Trinajstić information content (AvgIpc) is 3.03. The third-order valence-electron chi connectivity index (χ3n) is 3.61. The molecule has 0 saturated heterocycles. The minimum atomic E-state index is -0.981. The Hall–Kier alpha value is -2.28. The van der Waals surface area contributed by atoms with Gasteiger partial charge in [-0.2, -0.15) is 0 Å². The van der Waals surface area contributed by atoms with Gasteiger partial charge in [-0.3, -0.25) is 14.6 Å². The zero-order chi connectivity index (χ0) is 19.4. The van der Waals surface area contributed by atoms with Crippen molar-refractivity contribution in [3.63, 3.8) is 0 Å². The maximum atomic E-state index is 14.2. The summed E-state index contributed by atoms with van der Waals surface area (Å²) in [6.07, 6.45) is 1.99. The molecule has 3 rings (SSSR count). The predicted molar refractivity (Wildman–Crippen MR) is 103 cm³/mol. The third-order valence-corrected chi connectivity index (χ3v) is 4.28. The molecule has 27 heavy (non-hydrogen) atoms. The fourth-order valence-corrected chi connectivity index (χ4v) is 2.72. The molecule has 0 unspecified atom stereocenters. The second kappa shape index (κ2) is 8.61. The molecule has 2 aromatic heterocycles. The molecule has 0 fully saturated rings. The summed E-state index contributed by atoms with van der Waals surface area (Å²) >= 11 is 1.99. The lowest BCUT2D eigenvalue weighted by molar-refractivity contribution is -0.0625. The van der Waals surface area contributed by atoms with Gasteiger partial charge in [-0.1, -0.05) is 0 Å². The summed E-state index contributed by atoms with van der Waals surface area (Å²) in [5.74, 6) is -1.43. The lowest BCUT2D eigenvalue weighted by atomic mass is 10.2. The van der Waals surface area contributed by atoms with Gasteiger partial charge in [0.15, 0.2) is 0 Å². The molecule has 142 valence electrons. The van der Waals surface area contributed by atoms with Gasteiger partial charge in [-0.15, -0.1) is 0 Å². The van der Waals surface area contributed by atoms with Crippen LogP contribution in [0.25, 0.3) is 11.0 Å². The van der Waals surface area contributed by atoms with Gasteiger partial charge in [0.1, 0.15) is 23.2 Å².